The van der Waals surface area contributed by atoms with Gasteiger partial charge in [0, 0.05) is 0 Å². The lowest BCUT2D eigenvalue weighted by Crippen LogP contribution is -2.23. The first-order valence-electron chi connectivity index (χ1n) is 4.55. The third kappa shape index (κ3) is 2.33. The molecule has 0 aliphatic heterocycles. The number of benzene rings is 1. The number of carbonyl (C=O) groups is 1. The molecule has 1 aromatic carbocycles. The monoisotopic (exact) mass is 193 g/mol. The van der Waals surface area contributed by atoms with Crippen LogP contribution in [0.4, 0.5) is 0 Å². The van der Waals surface area contributed by atoms with Crippen LogP contribution in [-0.4, -0.2) is 12.2 Å². The van der Waals surface area contributed by atoms with E-state index >= 15 is 0 Å². The van der Waals surface area contributed by atoms with Crippen molar-refractivity contribution < 1.29 is 9.53 Å². The molecule has 0 radical (unpaired) electrons. The predicted molar refractivity (Wildman–Crippen MR) is 55.0 cm³/mol. The van der Waals surface area contributed by atoms with Gasteiger partial charge in [-0.05, 0) is 38.0 Å². The molecule has 1 atom stereocenters. The molecule has 0 aromatic heterocycles. The highest BCUT2D eigenvalue weighted by atomic mass is 16.6. The fourth-order valence-corrected chi connectivity index (χ4v) is 1.20. The van der Waals surface area contributed by atoms with Crippen LogP contribution in [0.2, 0.25) is 0 Å². The van der Waals surface area contributed by atoms with Crippen LogP contribution in [-0.2, 0) is 4.74 Å². The number of carbonyl (C=O) groups excluding carboxylic acids is 1. The van der Waals surface area contributed by atoms with E-state index in [0.29, 0.717) is 5.56 Å². The van der Waals surface area contributed by atoms with Gasteiger partial charge in [-0.3, -0.25) is 5.73 Å². The van der Waals surface area contributed by atoms with Crippen molar-refractivity contribution in [1.29, 1.82) is 0 Å². The van der Waals surface area contributed by atoms with E-state index < -0.39 is 6.23 Å². The zero-order chi connectivity index (χ0) is 10.7. The molecule has 0 heterocycles. The topological polar surface area (TPSA) is 52.3 Å². The Morgan fingerprint density at radius 1 is 1.43 bits per heavy atom. The number of hydrogen-bond donors (Lipinski definition) is 1. The van der Waals surface area contributed by atoms with Gasteiger partial charge in [-0.25, -0.2) is 4.79 Å². The molecule has 0 aliphatic rings. The van der Waals surface area contributed by atoms with Crippen molar-refractivity contribution in [2.45, 2.75) is 27.0 Å². The fourth-order valence-electron chi connectivity index (χ4n) is 1.20. The summed E-state index contributed by atoms with van der Waals surface area (Å²) in [5.41, 5.74) is 7.98. The third-order valence-electron chi connectivity index (χ3n) is 2.12. The van der Waals surface area contributed by atoms with Crippen LogP contribution in [0.15, 0.2) is 18.2 Å². The first kappa shape index (κ1) is 10.7. The maximum atomic E-state index is 11.5. The van der Waals surface area contributed by atoms with Gasteiger partial charge in [0.05, 0.1) is 5.56 Å². The first-order chi connectivity index (χ1) is 6.52. The van der Waals surface area contributed by atoms with Crippen LogP contribution in [0.3, 0.4) is 0 Å². The van der Waals surface area contributed by atoms with Crippen LogP contribution in [0.5, 0.6) is 0 Å². The summed E-state index contributed by atoms with van der Waals surface area (Å²) in [6, 6.07) is 5.53. The molecule has 0 amide bonds. The van der Waals surface area contributed by atoms with E-state index in [9.17, 15) is 4.79 Å². The molecule has 0 aliphatic carbocycles. The van der Waals surface area contributed by atoms with E-state index in [-0.39, 0.29) is 5.97 Å². The van der Waals surface area contributed by atoms with Gasteiger partial charge in [-0.2, -0.15) is 0 Å². The van der Waals surface area contributed by atoms with Gasteiger partial charge >= 0.3 is 5.97 Å². The lowest BCUT2D eigenvalue weighted by Gasteiger charge is -2.10. The molecular formula is C11H15NO2. The van der Waals surface area contributed by atoms with Gasteiger partial charge in [0.15, 0.2) is 0 Å². The molecule has 1 unspecified atom stereocenters. The number of nitrogens with two attached hydrogens (primary N) is 1. The van der Waals surface area contributed by atoms with Crippen molar-refractivity contribution in [2.75, 3.05) is 0 Å². The Hall–Kier alpha value is -1.35. The lowest BCUT2D eigenvalue weighted by atomic mass is 10.0. The van der Waals surface area contributed by atoms with E-state index in [1.807, 2.05) is 26.0 Å². The Bertz CT molecular complexity index is 345. The zero-order valence-electron chi connectivity index (χ0n) is 8.70. The minimum Gasteiger partial charge on any atom is -0.444 e. The molecule has 0 bridgehead atoms. The molecule has 3 nitrogen and oxygen atoms in total. The Balaban J connectivity index is 2.96. The summed E-state index contributed by atoms with van der Waals surface area (Å²) in [5.74, 6) is -0.360. The van der Waals surface area contributed by atoms with E-state index in [1.54, 1.807) is 13.0 Å². The van der Waals surface area contributed by atoms with Crippen molar-refractivity contribution in [3.05, 3.63) is 34.9 Å². The lowest BCUT2D eigenvalue weighted by molar-refractivity contribution is 0.0354. The standard InChI is InChI=1S/C11H15NO2/c1-7-5-4-6-10(8(7)2)11(13)14-9(3)12/h4-6,9H,12H2,1-3H3. The highest BCUT2D eigenvalue weighted by molar-refractivity contribution is 5.91. The molecule has 1 rings (SSSR count). The van der Waals surface area contributed by atoms with Crippen LogP contribution in [0.25, 0.3) is 0 Å². The van der Waals surface area contributed by atoms with E-state index in [2.05, 4.69) is 0 Å². The summed E-state index contributed by atoms with van der Waals surface area (Å²) in [4.78, 5) is 11.5. The number of ether oxygens (including phenoxy) is 1. The summed E-state index contributed by atoms with van der Waals surface area (Å²) >= 11 is 0. The van der Waals surface area contributed by atoms with Crippen molar-refractivity contribution >= 4 is 5.97 Å². The molecule has 0 fully saturated rings. The van der Waals surface area contributed by atoms with Crippen LogP contribution in [0.1, 0.15) is 28.4 Å². The van der Waals surface area contributed by atoms with E-state index in [4.69, 9.17) is 10.5 Å². The van der Waals surface area contributed by atoms with Gasteiger partial charge in [-0.1, -0.05) is 12.1 Å². The third-order valence-corrected chi connectivity index (χ3v) is 2.12. The summed E-state index contributed by atoms with van der Waals surface area (Å²) < 4.78 is 4.91. The highest BCUT2D eigenvalue weighted by Gasteiger charge is 2.12. The second-order valence-electron chi connectivity index (χ2n) is 3.36. The number of aryl methyl sites for hydroxylation is 1. The highest BCUT2D eigenvalue weighted by Crippen LogP contribution is 2.13. The molecule has 14 heavy (non-hydrogen) atoms. The molecule has 0 saturated carbocycles. The first-order valence-corrected chi connectivity index (χ1v) is 4.55. The average Bonchev–Trinajstić information content (AvgIpc) is 2.08. The van der Waals surface area contributed by atoms with Gasteiger partial charge in [0.2, 0.25) is 0 Å². The SMILES string of the molecule is Cc1cccc(C(=O)OC(C)N)c1C. The van der Waals surface area contributed by atoms with Gasteiger partial charge in [-0.15, -0.1) is 0 Å². The maximum absolute atomic E-state index is 11.5. The van der Waals surface area contributed by atoms with Gasteiger partial charge in [0.1, 0.15) is 6.23 Å². The second kappa shape index (κ2) is 4.24. The zero-order valence-corrected chi connectivity index (χ0v) is 8.70. The minimum atomic E-state index is -0.567. The van der Waals surface area contributed by atoms with E-state index in [1.165, 1.54) is 0 Å². The van der Waals surface area contributed by atoms with Gasteiger partial charge in [0.25, 0.3) is 0 Å². The van der Waals surface area contributed by atoms with Gasteiger partial charge < -0.3 is 4.74 Å². The van der Waals surface area contributed by atoms with Crippen molar-refractivity contribution in [2.24, 2.45) is 5.73 Å². The maximum Gasteiger partial charge on any atom is 0.339 e. The van der Waals surface area contributed by atoms with E-state index in [0.717, 1.165) is 11.1 Å². The molecule has 0 spiro atoms. The molecule has 2 N–H and O–H groups in total. The molecule has 76 valence electrons. The molecule has 1 aromatic rings. The minimum absolute atomic E-state index is 0.360. The average molecular weight is 193 g/mol. The summed E-state index contributed by atoms with van der Waals surface area (Å²) in [5, 5.41) is 0. The number of esters is 1. The number of rotatable bonds is 2. The van der Waals surface area contributed by atoms with Crippen LogP contribution in [0, 0.1) is 13.8 Å². The predicted octanol–water partition coefficient (Wildman–Crippen LogP) is 1.76. The Labute approximate surface area is 83.9 Å². The van der Waals surface area contributed by atoms with Crippen molar-refractivity contribution in [3.8, 4) is 0 Å². The normalized spacial score (nSPS) is 12.3. The summed E-state index contributed by atoms with van der Waals surface area (Å²) in [6.07, 6.45) is -0.567. The second-order valence-corrected chi connectivity index (χ2v) is 3.36. The Morgan fingerprint density at radius 2 is 2.07 bits per heavy atom. The quantitative estimate of drug-likeness (QED) is 0.575. The molecule has 3 heteroatoms. The van der Waals surface area contributed by atoms with Crippen LogP contribution < -0.4 is 5.73 Å². The summed E-state index contributed by atoms with van der Waals surface area (Å²) in [6.45, 7) is 5.48. The van der Waals surface area contributed by atoms with Crippen LogP contribution >= 0.6 is 0 Å². The fraction of sp³-hybridized carbons (Fsp3) is 0.364. The molecular weight excluding hydrogens is 178 g/mol. The van der Waals surface area contributed by atoms with Crippen molar-refractivity contribution in [3.63, 3.8) is 0 Å². The summed E-state index contributed by atoms with van der Waals surface area (Å²) in [7, 11) is 0. The Morgan fingerprint density at radius 3 is 2.64 bits per heavy atom. The smallest absolute Gasteiger partial charge is 0.339 e. The largest absolute Gasteiger partial charge is 0.444 e. The number of hydrogen-bond acceptors (Lipinski definition) is 3. The Kier molecular flexibility index (Phi) is 3.25. The molecule has 0 saturated heterocycles. The van der Waals surface area contributed by atoms with Crippen molar-refractivity contribution in [1.82, 2.24) is 0 Å².